The van der Waals surface area contributed by atoms with Gasteiger partial charge in [0.25, 0.3) is 0 Å². The summed E-state index contributed by atoms with van der Waals surface area (Å²) in [5.74, 6) is 0.852. The molecule has 2 rings (SSSR count). The van der Waals surface area contributed by atoms with E-state index < -0.39 is 0 Å². The molecule has 2 aromatic rings. The largest absolute Gasteiger partial charge is 0.494 e. The maximum absolute atomic E-state index is 9.28. The van der Waals surface area contributed by atoms with Gasteiger partial charge in [-0.25, -0.2) is 0 Å². The lowest BCUT2D eigenvalue weighted by Crippen LogP contribution is -2.18. The summed E-state index contributed by atoms with van der Waals surface area (Å²) in [5.41, 5.74) is 0.966. The number of nitrogens with zero attached hydrogens (tertiary/aromatic N) is 1. The second-order valence-corrected chi connectivity index (χ2v) is 5.47. The predicted octanol–water partition coefficient (Wildman–Crippen LogP) is 3.89. The van der Waals surface area contributed by atoms with Crippen molar-refractivity contribution in [1.82, 2.24) is 5.32 Å². The zero-order valence-corrected chi connectivity index (χ0v) is 12.3. The average molecular weight is 286 g/mol. The van der Waals surface area contributed by atoms with Gasteiger partial charge in [0.05, 0.1) is 12.7 Å². The second-order valence-electron chi connectivity index (χ2n) is 4.44. The van der Waals surface area contributed by atoms with Crippen LogP contribution in [0.15, 0.2) is 41.8 Å². The van der Waals surface area contributed by atoms with Crippen LogP contribution in [0.4, 0.5) is 0 Å². The van der Waals surface area contributed by atoms with E-state index in [2.05, 4.69) is 24.4 Å². The van der Waals surface area contributed by atoms with Gasteiger partial charge in [0.2, 0.25) is 0 Å². The van der Waals surface area contributed by atoms with Gasteiger partial charge in [-0.05, 0) is 35.6 Å². The highest BCUT2D eigenvalue weighted by molar-refractivity contribution is 7.09. The minimum absolute atomic E-state index is 0.294. The zero-order chi connectivity index (χ0) is 14.2. The quantitative estimate of drug-likeness (QED) is 0.839. The molecule has 3 nitrogen and oxygen atoms in total. The third-order valence-electron chi connectivity index (χ3n) is 2.88. The van der Waals surface area contributed by atoms with Crippen molar-refractivity contribution in [3.05, 3.63) is 52.2 Å². The van der Waals surface area contributed by atoms with Gasteiger partial charge in [-0.15, -0.1) is 11.3 Å². The minimum atomic E-state index is -0.294. The van der Waals surface area contributed by atoms with Gasteiger partial charge < -0.3 is 4.74 Å². The molecule has 0 bridgehead atoms. The molecule has 1 N–H and O–H groups in total. The Morgan fingerprint density at radius 3 is 2.70 bits per heavy atom. The summed E-state index contributed by atoms with van der Waals surface area (Å²) >= 11 is 1.69. The van der Waals surface area contributed by atoms with Crippen LogP contribution < -0.4 is 10.1 Å². The molecular weight excluding hydrogens is 268 g/mol. The van der Waals surface area contributed by atoms with Crippen LogP contribution in [-0.4, -0.2) is 6.61 Å². The molecule has 1 aromatic carbocycles. The predicted molar refractivity (Wildman–Crippen MR) is 81.7 cm³/mol. The van der Waals surface area contributed by atoms with Crippen molar-refractivity contribution in [2.75, 3.05) is 6.61 Å². The highest BCUT2D eigenvalue weighted by atomic mass is 32.1. The van der Waals surface area contributed by atoms with Crippen LogP contribution in [0.2, 0.25) is 0 Å². The van der Waals surface area contributed by atoms with Crippen molar-refractivity contribution in [2.45, 2.75) is 25.9 Å². The summed E-state index contributed by atoms with van der Waals surface area (Å²) in [5, 5.41) is 14.6. The lowest BCUT2D eigenvalue weighted by Gasteiger charge is -2.12. The number of nitrogens with one attached hydrogen (secondary N) is 1. The number of benzene rings is 1. The molecule has 1 heterocycles. The summed E-state index contributed by atoms with van der Waals surface area (Å²) in [6.45, 7) is 3.51. The Balaban J connectivity index is 1.95. The van der Waals surface area contributed by atoms with Gasteiger partial charge in [0.15, 0.2) is 0 Å². The van der Waals surface area contributed by atoms with Crippen molar-refractivity contribution in [2.24, 2.45) is 0 Å². The summed E-state index contributed by atoms with van der Waals surface area (Å²) in [6.07, 6.45) is 0.991. The fourth-order valence-corrected chi connectivity index (χ4v) is 2.49. The third kappa shape index (κ3) is 4.09. The number of nitriles is 1. The highest BCUT2D eigenvalue weighted by Gasteiger charge is 2.10. The smallest absolute Gasteiger partial charge is 0.121 e. The van der Waals surface area contributed by atoms with Crippen LogP contribution in [0.25, 0.3) is 0 Å². The normalized spacial score (nSPS) is 11.8. The Kier molecular flexibility index (Phi) is 5.60. The number of thiophene rings is 1. The van der Waals surface area contributed by atoms with Crippen LogP contribution >= 0.6 is 11.3 Å². The Morgan fingerprint density at radius 2 is 2.10 bits per heavy atom. The maximum Gasteiger partial charge on any atom is 0.121 e. The Bertz CT molecular complexity index is 543. The van der Waals surface area contributed by atoms with Crippen LogP contribution in [0, 0.1) is 11.3 Å². The van der Waals surface area contributed by atoms with E-state index in [1.807, 2.05) is 35.7 Å². The molecule has 0 saturated heterocycles. The van der Waals surface area contributed by atoms with Gasteiger partial charge in [0.1, 0.15) is 11.8 Å². The van der Waals surface area contributed by atoms with E-state index in [1.165, 1.54) is 4.88 Å². The molecule has 0 amide bonds. The molecule has 0 fully saturated rings. The first-order valence-electron chi connectivity index (χ1n) is 6.71. The summed E-state index contributed by atoms with van der Waals surface area (Å²) < 4.78 is 5.54. The van der Waals surface area contributed by atoms with E-state index in [9.17, 15) is 5.26 Å². The van der Waals surface area contributed by atoms with E-state index in [1.54, 1.807) is 11.3 Å². The number of ether oxygens (including phenoxy) is 1. The molecule has 104 valence electrons. The fourth-order valence-electron chi connectivity index (χ4n) is 1.83. The van der Waals surface area contributed by atoms with E-state index in [0.29, 0.717) is 6.54 Å². The Hall–Kier alpha value is -1.83. The average Bonchev–Trinajstić information content (AvgIpc) is 3.00. The van der Waals surface area contributed by atoms with Gasteiger partial charge >= 0.3 is 0 Å². The van der Waals surface area contributed by atoms with Crippen LogP contribution in [0.3, 0.4) is 0 Å². The van der Waals surface area contributed by atoms with Crippen LogP contribution in [-0.2, 0) is 6.54 Å². The zero-order valence-electron chi connectivity index (χ0n) is 11.5. The van der Waals surface area contributed by atoms with Crippen LogP contribution in [0.5, 0.6) is 5.75 Å². The van der Waals surface area contributed by atoms with E-state index in [-0.39, 0.29) is 6.04 Å². The molecule has 0 aliphatic rings. The monoisotopic (exact) mass is 286 g/mol. The maximum atomic E-state index is 9.28. The van der Waals surface area contributed by atoms with E-state index >= 15 is 0 Å². The van der Waals surface area contributed by atoms with E-state index in [0.717, 1.165) is 24.3 Å². The van der Waals surface area contributed by atoms with Crippen LogP contribution in [0.1, 0.15) is 29.8 Å². The lowest BCUT2D eigenvalue weighted by molar-refractivity contribution is 0.317. The van der Waals surface area contributed by atoms with Crippen molar-refractivity contribution in [3.63, 3.8) is 0 Å². The number of rotatable bonds is 7. The van der Waals surface area contributed by atoms with E-state index in [4.69, 9.17) is 4.74 Å². The summed E-state index contributed by atoms with van der Waals surface area (Å²) in [6, 6.07) is 13.8. The van der Waals surface area contributed by atoms with Crippen molar-refractivity contribution >= 4 is 11.3 Å². The van der Waals surface area contributed by atoms with Crippen molar-refractivity contribution in [3.8, 4) is 11.8 Å². The molecule has 0 aliphatic carbocycles. The second kappa shape index (κ2) is 7.68. The number of hydrogen-bond acceptors (Lipinski definition) is 4. The molecule has 1 unspecified atom stereocenters. The van der Waals surface area contributed by atoms with Gasteiger partial charge in [0, 0.05) is 11.4 Å². The summed E-state index contributed by atoms with van der Waals surface area (Å²) in [7, 11) is 0. The minimum Gasteiger partial charge on any atom is -0.494 e. The van der Waals surface area contributed by atoms with Gasteiger partial charge in [-0.1, -0.05) is 25.1 Å². The summed E-state index contributed by atoms with van der Waals surface area (Å²) in [4.78, 5) is 1.23. The SMILES string of the molecule is CCCOc1ccc(C(C#N)NCc2cccs2)cc1. The fraction of sp³-hybridized carbons (Fsp3) is 0.312. The first-order valence-corrected chi connectivity index (χ1v) is 7.59. The molecule has 0 saturated carbocycles. The number of hydrogen-bond donors (Lipinski definition) is 1. The van der Waals surface area contributed by atoms with Crippen molar-refractivity contribution < 1.29 is 4.74 Å². The molecule has 0 spiro atoms. The Morgan fingerprint density at radius 1 is 1.30 bits per heavy atom. The molecule has 0 aliphatic heterocycles. The molecular formula is C16H18N2OS. The molecule has 0 radical (unpaired) electrons. The molecule has 4 heteroatoms. The Labute approximate surface area is 123 Å². The van der Waals surface area contributed by atoms with Crippen molar-refractivity contribution in [1.29, 1.82) is 5.26 Å². The van der Waals surface area contributed by atoms with Gasteiger partial charge in [-0.3, -0.25) is 5.32 Å². The molecule has 1 atom stereocenters. The van der Waals surface area contributed by atoms with Gasteiger partial charge in [-0.2, -0.15) is 5.26 Å². The first kappa shape index (κ1) is 14.6. The first-order chi connectivity index (χ1) is 9.83. The topological polar surface area (TPSA) is 45.0 Å². The lowest BCUT2D eigenvalue weighted by atomic mass is 10.1. The standard InChI is InChI=1S/C16H18N2OS/c1-2-9-19-14-7-5-13(6-8-14)16(11-17)18-12-15-4-3-10-20-15/h3-8,10,16,18H,2,9,12H2,1H3. The third-order valence-corrected chi connectivity index (χ3v) is 3.75. The molecule has 20 heavy (non-hydrogen) atoms. The molecule has 1 aromatic heterocycles. The highest BCUT2D eigenvalue weighted by Crippen LogP contribution is 2.19.